The molecule has 0 bridgehead atoms. The molecule has 0 radical (unpaired) electrons. The SMILES string of the molecule is C=CCSc1ncnc2c1cnn2-c1ccccc1. The maximum absolute atomic E-state index is 4.41. The Morgan fingerprint density at radius 2 is 2.05 bits per heavy atom. The molecule has 4 nitrogen and oxygen atoms in total. The number of fused-ring (bicyclic) bond motifs is 1. The molecule has 0 aliphatic rings. The fraction of sp³-hybridized carbons (Fsp3) is 0.0714. The number of thioether (sulfide) groups is 1. The monoisotopic (exact) mass is 268 g/mol. The van der Waals surface area contributed by atoms with Crippen LogP contribution < -0.4 is 0 Å². The van der Waals surface area contributed by atoms with E-state index in [1.165, 1.54) is 0 Å². The molecule has 0 unspecified atom stereocenters. The summed E-state index contributed by atoms with van der Waals surface area (Å²) in [5, 5.41) is 6.32. The van der Waals surface area contributed by atoms with Gasteiger partial charge in [-0.15, -0.1) is 18.3 Å². The molecule has 19 heavy (non-hydrogen) atoms. The highest BCUT2D eigenvalue weighted by Gasteiger charge is 2.10. The maximum Gasteiger partial charge on any atom is 0.167 e. The van der Waals surface area contributed by atoms with Gasteiger partial charge in [-0.2, -0.15) is 5.10 Å². The zero-order valence-corrected chi connectivity index (χ0v) is 11.0. The number of nitrogens with zero attached hydrogens (tertiary/aromatic N) is 4. The fourth-order valence-corrected chi connectivity index (χ4v) is 2.53. The largest absolute Gasteiger partial charge is 0.229 e. The van der Waals surface area contributed by atoms with E-state index in [-0.39, 0.29) is 0 Å². The minimum Gasteiger partial charge on any atom is -0.229 e. The van der Waals surface area contributed by atoms with Crippen molar-refractivity contribution < 1.29 is 0 Å². The van der Waals surface area contributed by atoms with Gasteiger partial charge in [0.2, 0.25) is 0 Å². The Morgan fingerprint density at radius 1 is 1.21 bits per heavy atom. The standard InChI is InChI=1S/C14H12N4S/c1-2-8-19-14-12-9-17-18(13(12)15-10-16-14)11-6-4-3-5-7-11/h2-7,9-10H,1,8H2. The van der Waals surface area contributed by atoms with Crippen molar-refractivity contribution >= 4 is 22.8 Å². The van der Waals surface area contributed by atoms with Crippen LogP contribution in [0.2, 0.25) is 0 Å². The van der Waals surface area contributed by atoms with Crippen LogP contribution in [0.4, 0.5) is 0 Å². The zero-order chi connectivity index (χ0) is 13.1. The van der Waals surface area contributed by atoms with Gasteiger partial charge in [0.25, 0.3) is 0 Å². The van der Waals surface area contributed by atoms with Gasteiger partial charge in [-0.25, -0.2) is 14.6 Å². The van der Waals surface area contributed by atoms with Gasteiger partial charge in [0.1, 0.15) is 11.4 Å². The molecule has 0 saturated carbocycles. The molecular formula is C14H12N4S. The summed E-state index contributed by atoms with van der Waals surface area (Å²) in [7, 11) is 0. The van der Waals surface area contributed by atoms with Crippen molar-refractivity contribution in [3.8, 4) is 5.69 Å². The van der Waals surface area contributed by atoms with E-state index >= 15 is 0 Å². The molecule has 5 heteroatoms. The van der Waals surface area contributed by atoms with E-state index in [0.717, 1.165) is 27.5 Å². The minimum absolute atomic E-state index is 0.822. The average Bonchev–Trinajstić information content (AvgIpc) is 2.90. The van der Waals surface area contributed by atoms with Crippen LogP contribution in [0.15, 0.2) is 60.5 Å². The second-order valence-electron chi connectivity index (χ2n) is 3.91. The molecule has 0 saturated heterocycles. The maximum atomic E-state index is 4.41. The smallest absolute Gasteiger partial charge is 0.167 e. The number of aromatic nitrogens is 4. The summed E-state index contributed by atoms with van der Waals surface area (Å²) in [5.41, 5.74) is 1.82. The van der Waals surface area contributed by atoms with Crippen LogP contribution >= 0.6 is 11.8 Å². The third-order valence-electron chi connectivity index (χ3n) is 2.67. The van der Waals surface area contributed by atoms with Gasteiger partial charge in [-0.1, -0.05) is 24.3 Å². The summed E-state index contributed by atoms with van der Waals surface area (Å²) in [5.74, 6) is 0.822. The first-order valence-electron chi connectivity index (χ1n) is 5.88. The van der Waals surface area contributed by atoms with E-state index < -0.39 is 0 Å². The molecule has 3 aromatic rings. The van der Waals surface area contributed by atoms with Crippen LogP contribution in [-0.2, 0) is 0 Å². The van der Waals surface area contributed by atoms with E-state index in [2.05, 4.69) is 21.6 Å². The summed E-state index contributed by atoms with van der Waals surface area (Å²) >= 11 is 1.64. The van der Waals surface area contributed by atoms with E-state index in [1.54, 1.807) is 18.1 Å². The van der Waals surface area contributed by atoms with Crippen LogP contribution in [0.25, 0.3) is 16.7 Å². The van der Waals surface area contributed by atoms with E-state index in [0.29, 0.717) is 0 Å². The molecule has 0 atom stereocenters. The predicted molar refractivity (Wildman–Crippen MR) is 77.6 cm³/mol. The highest BCUT2D eigenvalue weighted by molar-refractivity contribution is 7.99. The van der Waals surface area contributed by atoms with Gasteiger partial charge in [-0.05, 0) is 12.1 Å². The first kappa shape index (κ1) is 11.9. The van der Waals surface area contributed by atoms with Gasteiger partial charge in [0, 0.05) is 5.75 Å². The van der Waals surface area contributed by atoms with Crippen molar-refractivity contribution in [1.29, 1.82) is 0 Å². The van der Waals surface area contributed by atoms with E-state index in [9.17, 15) is 0 Å². The topological polar surface area (TPSA) is 43.6 Å². The van der Waals surface area contributed by atoms with E-state index in [1.807, 2.05) is 47.3 Å². The molecule has 0 spiro atoms. The van der Waals surface area contributed by atoms with Gasteiger partial charge in [-0.3, -0.25) is 0 Å². The van der Waals surface area contributed by atoms with Gasteiger partial charge >= 0.3 is 0 Å². The molecule has 2 heterocycles. The van der Waals surface area contributed by atoms with Crippen LogP contribution in [0.5, 0.6) is 0 Å². The Balaban J connectivity index is 2.11. The quantitative estimate of drug-likeness (QED) is 0.414. The van der Waals surface area contributed by atoms with Crippen LogP contribution in [0.3, 0.4) is 0 Å². The van der Waals surface area contributed by atoms with Gasteiger partial charge in [0.15, 0.2) is 5.65 Å². The molecule has 0 aliphatic carbocycles. The molecule has 94 valence electrons. The molecular weight excluding hydrogens is 256 g/mol. The highest BCUT2D eigenvalue weighted by Crippen LogP contribution is 2.25. The minimum atomic E-state index is 0.822. The molecule has 0 amide bonds. The summed E-state index contributed by atoms with van der Waals surface area (Å²) in [6.07, 6.45) is 5.25. The van der Waals surface area contributed by atoms with Crippen LogP contribution in [-0.4, -0.2) is 25.5 Å². The second kappa shape index (κ2) is 5.24. The normalized spacial score (nSPS) is 10.7. The molecule has 3 rings (SSSR count). The highest BCUT2D eigenvalue weighted by atomic mass is 32.2. The summed E-state index contributed by atoms with van der Waals surface area (Å²) in [6.45, 7) is 3.72. The zero-order valence-electron chi connectivity index (χ0n) is 10.2. The average molecular weight is 268 g/mol. The lowest BCUT2D eigenvalue weighted by molar-refractivity contribution is 0.893. The van der Waals surface area contributed by atoms with Crippen molar-refractivity contribution in [2.24, 2.45) is 0 Å². The Bertz CT molecular complexity index is 706. The first-order valence-corrected chi connectivity index (χ1v) is 6.86. The van der Waals surface area contributed by atoms with Crippen molar-refractivity contribution in [3.63, 3.8) is 0 Å². The Kier molecular flexibility index (Phi) is 3.29. The number of rotatable bonds is 4. The van der Waals surface area contributed by atoms with Crippen molar-refractivity contribution in [2.45, 2.75) is 5.03 Å². The molecule has 0 N–H and O–H groups in total. The molecule has 0 fully saturated rings. The van der Waals surface area contributed by atoms with E-state index in [4.69, 9.17) is 0 Å². The molecule has 0 aliphatic heterocycles. The van der Waals surface area contributed by atoms with Gasteiger partial charge in [0.05, 0.1) is 17.3 Å². The van der Waals surface area contributed by atoms with Crippen molar-refractivity contribution in [1.82, 2.24) is 19.7 Å². The third-order valence-corrected chi connectivity index (χ3v) is 3.67. The number of benzene rings is 1. The summed E-state index contributed by atoms with van der Waals surface area (Å²) in [4.78, 5) is 8.64. The Labute approximate surface area is 115 Å². The van der Waals surface area contributed by atoms with Crippen molar-refractivity contribution in [2.75, 3.05) is 5.75 Å². The number of para-hydroxylation sites is 1. The predicted octanol–water partition coefficient (Wildman–Crippen LogP) is 3.09. The third kappa shape index (κ3) is 2.24. The van der Waals surface area contributed by atoms with Crippen molar-refractivity contribution in [3.05, 3.63) is 55.5 Å². The van der Waals surface area contributed by atoms with Crippen LogP contribution in [0, 0.1) is 0 Å². The second-order valence-corrected chi connectivity index (χ2v) is 4.92. The lowest BCUT2D eigenvalue weighted by atomic mass is 10.3. The lowest BCUT2D eigenvalue weighted by Crippen LogP contribution is -1.97. The fourth-order valence-electron chi connectivity index (χ4n) is 1.83. The lowest BCUT2D eigenvalue weighted by Gasteiger charge is -2.03. The summed E-state index contributed by atoms with van der Waals surface area (Å²) < 4.78 is 1.83. The first-order chi connectivity index (χ1) is 9.40. The molecule has 1 aromatic carbocycles. The van der Waals surface area contributed by atoms with Crippen LogP contribution in [0.1, 0.15) is 0 Å². The van der Waals surface area contributed by atoms with Gasteiger partial charge < -0.3 is 0 Å². The number of hydrogen-bond acceptors (Lipinski definition) is 4. The Hall–Kier alpha value is -2.14. The number of hydrogen-bond donors (Lipinski definition) is 0. The molecule has 2 aromatic heterocycles. The Morgan fingerprint density at radius 3 is 2.84 bits per heavy atom. The summed E-state index contributed by atoms with van der Waals surface area (Å²) in [6, 6.07) is 9.96.